The normalized spacial score (nSPS) is 19.2. The fourth-order valence-corrected chi connectivity index (χ4v) is 2.47. The molecular formula is C14H20N2O2. The summed E-state index contributed by atoms with van der Waals surface area (Å²) in [5.41, 5.74) is 2.60. The van der Waals surface area contributed by atoms with Crippen molar-refractivity contribution in [3.8, 4) is 5.75 Å². The van der Waals surface area contributed by atoms with Gasteiger partial charge in [0.25, 0.3) is 0 Å². The molecule has 1 aliphatic rings. The number of carbonyl (C=O) groups is 1. The largest absolute Gasteiger partial charge is 0.497 e. The van der Waals surface area contributed by atoms with E-state index in [-0.39, 0.29) is 18.0 Å². The Kier molecular flexibility index (Phi) is 3.87. The van der Waals surface area contributed by atoms with E-state index < -0.39 is 0 Å². The average Bonchev–Trinajstić information content (AvgIpc) is 2.80. The van der Waals surface area contributed by atoms with Crippen LogP contribution in [0.5, 0.6) is 5.75 Å². The van der Waals surface area contributed by atoms with Crippen LogP contribution < -0.4 is 15.4 Å². The number of fused-ring (bicyclic) bond motifs is 1. The van der Waals surface area contributed by atoms with E-state index in [9.17, 15) is 4.79 Å². The Morgan fingerprint density at radius 1 is 1.50 bits per heavy atom. The van der Waals surface area contributed by atoms with Crippen LogP contribution in [0.3, 0.4) is 0 Å². The number of likely N-dealkylation sites (N-methyl/N-ethyl adjacent to an activating group) is 1. The third-order valence-corrected chi connectivity index (χ3v) is 3.52. The molecule has 0 heterocycles. The second-order valence-electron chi connectivity index (χ2n) is 4.66. The Labute approximate surface area is 108 Å². The molecular weight excluding hydrogens is 228 g/mol. The maximum absolute atomic E-state index is 11.5. The fraction of sp³-hybridized carbons (Fsp3) is 0.500. The van der Waals surface area contributed by atoms with Crippen LogP contribution in [-0.2, 0) is 11.2 Å². The molecule has 4 heteroatoms. The van der Waals surface area contributed by atoms with Crippen molar-refractivity contribution < 1.29 is 9.53 Å². The summed E-state index contributed by atoms with van der Waals surface area (Å²) in [5.74, 6) is 0.890. The van der Waals surface area contributed by atoms with E-state index in [0.717, 1.165) is 18.6 Å². The molecule has 1 amide bonds. The van der Waals surface area contributed by atoms with Crippen LogP contribution in [0.4, 0.5) is 0 Å². The van der Waals surface area contributed by atoms with Gasteiger partial charge >= 0.3 is 0 Å². The molecule has 0 saturated carbocycles. The molecule has 0 spiro atoms. The van der Waals surface area contributed by atoms with Gasteiger partial charge in [-0.15, -0.1) is 0 Å². The molecule has 0 saturated heterocycles. The summed E-state index contributed by atoms with van der Waals surface area (Å²) in [6.07, 6.45) is 2.08. The van der Waals surface area contributed by atoms with Crippen LogP contribution in [0.15, 0.2) is 18.2 Å². The van der Waals surface area contributed by atoms with E-state index in [1.807, 2.05) is 13.0 Å². The third kappa shape index (κ3) is 2.48. The van der Waals surface area contributed by atoms with Gasteiger partial charge in [0.2, 0.25) is 5.91 Å². The number of hydrogen-bond acceptors (Lipinski definition) is 3. The Morgan fingerprint density at radius 3 is 2.94 bits per heavy atom. The standard InChI is InChI=1S/C14H20N2O2/c1-9(14(17)15-2)16-13-7-5-10-4-6-11(18-3)8-12(10)13/h4,6,8-9,13,16H,5,7H2,1-3H3,(H,15,17). The molecule has 2 N–H and O–H groups in total. The molecule has 1 aromatic carbocycles. The summed E-state index contributed by atoms with van der Waals surface area (Å²) >= 11 is 0. The lowest BCUT2D eigenvalue weighted by Gasteiger charge is -2.19. The molecule has 2 atom stereocenters. The molecule has 0 aliphatic heterocycles. The van der Waals surface area contributed by atoms with Crippen LogP contribution in [-0.4, -0.2) is 26.1 Å². The predicted octanol–water partition coefficient (Wildman–Crippen LogP) is 1.41. The number of carbonyl (C=O) groups excluding carboxylic acids is 1. The van der Waals surface area contributed by atoms with E-state index in [1.165, 1.54) is 11.1 Å². The van der Waals surface area contributed by atoms with Crippen molar-refractivity contribution in [2.45, 2.75) is 31.8 Å². The minimum absolute atomic E-state index is 0.0198. The molecule has 0 bridgehead atoms. The molecule has 2 rings (SSSR count). The van der Waals surface area contributed by atoms with Gasteiger partial charge in [0.15, 0.2) is 0 Å². The van der Waals surface area contributed by atoms with Gasteiger partial charge in [-0.25, -0.2) is 0 Å². The second kappa shape index (κ2) is 5.40. The first kappa shape index (κ1) is 12.9. The van der Waals surface area contributed by atoms with Crippen molar-refractivity contribution >= 4 is 5.91 Å². The quantitative estimate of drug-likeness (QED) is 0.847. The zero-order valence-corrected chi connectivity index (χ0v) is 11.1. The van der Waals surface area contributed by atoms with Crippen LogP contribution in [0, 0.1) is 0 Å². The number of hydrogen-bond donors (Lipinski definition) is 2. The highest BCUT2D eigenvalue weighted by Gasteiger charge is 2.25. The summed E-state index contributed by atoms with van der Waals surface area (Å²) in [6.45, 7) is 1.89. The van der Waals surface area contributed by atoms with Gasteiger partial charge in [-0.3, -0.25) is 10.1 Å². The number of rotatable bonds is 4. The predicted molar refractivity (Wildman–Crippen MR) is 70.7 cm³/mol. The number of ether oxygens (including phenoxy) is 1. The van der Waals surface area contributed by atoms with E-state index in [0.29, 0.717) is 0 Å². The van der Waals surface area contributed by atoms with Crippen LogP contribution in [0.25, 0.3) is 0 Å². The van der Waals surface area contributed by atoms with Crippen molar-refractivity contribution in [2.24, 2.45) is 0 Å². The third-order valence-electron chi connectivity index (χ3n) is 3.52. The van der Waals surface area contributed by atoms with Gasteiger partial charge in [0.05, 0.1) is 13.2 Å². The highest BCUT2D eigenvalue weighted by atomic mass is 16.5. The highest BCUT2D eigenvalue weighted by molar-refractivity contribution is 5.81. The molecule has 98 valence electrons. The van der Waals surface area contributed by atoms with Gasteiger partial charge in [0, 0.05) is 13.1 Å². The van der Waals surface area contributed by atoms with Gasteiger partial charge in [0.1, 0.15) is 5.75 Å². The van der Waals surface area contributed by atoms with E-state index in [2.05, 4.69) is 22.8 Å². The number of nitrogens with one attached hydrogen (secondary N) is 2. The van der Waals surface area contributed by atoms with Crippen LogP contribution >= 0.6 is 0 Å². The molecule has 0 aromatic heterocycles. The minimum atomic E-state index is -0.183. The molecule has 2 unspecified atom stereocenters. The minimum Gasteiger partial charge on any atom is -0.497 e. The Balaban J connectivity index is 2.13. The maximum atomic E-state index is 11.5. The monoisotopic (exact) mass is 248 g/mol. The lowest BCUT2D eigenvalue weighted by atomic mass is 10.1. The van der Waals surface area contributed by atoms with Crippen molar-refractivity contribution in [2.75, 3.05) is 14.2 Å². The van der Waals surface area contributed by atoms with Crippen LogP contribution in [0.1, 0.15) is 30.5 Å². The first-order chi connectivity index (χ1) is 8.65. The first-order valence-electron chi connectivity index (χ1n) is 6.30. The SMILES string of the molecule is CNC(=O)C(C)NC1CCc2ccc(OC)cc21. The van der Waals surface area contributed by atoms with Crippen molar-refractivity contribution in [1.82, 2.24) is 10.6 Å². The Hall–Kier alpha value is -1.55. The summed E-state index contributed by atoms with van der Waals surface area (Å²) < 4.78 is 5.25. The van der Waals surface area contributed by atoms with Gasteiger partial charge in [-0.2, -0.15) is 0 Å². The maximum Gasteiger partial charge on any atom is 0.236 e. The van der Waals surface area contributed by atoms with E-state index >= 15 is 0 Å². The zero-order valence-electron chi connectivity index (χ0n) is 11.1. The fourth-order valence-electron chi connectivity index (χ4n) is 2.47. The molecule has 4 nitrogen and oxygen atoms in total. The average molecular weight is 248 g/mol. The summed E-state index contributed by atoms with van der Waals surface area (Å²) in [6, 6.07) is 6.22. The lowest BCUT2D eigenvalue weighted by molar-refractivity contribution is -0.122. The number of aryl methyl sites for hydroxylation is 1. The highest BCUT2D eigenvalue weighted by Crippen LogP contribution is 2.33. The van der Waals surface area contributed by atoms with E-state index in [1.54, 1.807) is 14.2 Å². The van der Waals surface area contributed by atoms with Crippen LogP contribution in [0.2, 0.25) is 0 Å². The van der Waals surface area contributed by atoms with Crippen molar-refractivity contribution in [3.63, 3.8) is 0 Å². The number of amides is 1. The molecule has 18 heavy (non-hydrogen) atoms. The van der Waals surface area contributed by atoms with E-state index in [4.69, 9.17) is 4.74 Å². The second-order valence-corrected chi connectivity index (χ2v) is 4.66. The topological polar surface area (TPSA) is 50.4 Å². The van der Waals surface area contributed by atoms with Gasteiger partial charge in [-0.1, -0.05) is 6.07 Å². The lowest BCUT2D eigenvalue weighted by Crippen LogP contribution is -2.41. The smallest absolute Gasteiger partial charge is 0.236 e. The molecule has 1 aromatic rings. The zero-order chi connectivity index (χ0) is 13.1. The Bertz CT molecular complexity index is 445. The summed E-state index contributed by atoms with van der Waals surface area (Å²) in [7, 11) is 3.33. The Morgan fingerprint density at radius 2 is 2.28 bits per heavy atom. The molecule has 1 aliphatic carbocycles. The van der Waals surface area contributed by atoms with Gasteiger partial charge < -0.3 is 10.1 Å². The summed E-state index contributed by atoms with van der Waals surface area (Å²) in [5, 5.41) is 6.03. The van der Waals surface area contributed by atoms with Gasteiger partial charge in [-0.05, 0) is 43.0 Å². The summed E-state index contributed by atoms with van der Waals surface area (Å²) in [4.78, 5) is 11.5. The molecule has 0 fully saturated rings. The van der Waals surface area contributed by atoms with Crippen molar-refractivity contribution in [3.05, 3.63) is 29.3 Å². The first-order valence-corrected chi connectivity index (χ1v) is 6.30. The number of benzene rings is 1. The van der Waals surface area contributed by atoms with Crippen molar-refractivity contribution in [1.29, 1.82) is 0 Å². The number of methoxy groups -OCH3 is 1. The molecule has 0 radical (unpaired) electrons.